The molecule has 3 saturated carbocycles. The highest BCUT2D eigenvalue weighted by Gasteiger charge is 2.43. The Morgan fingerprint density at radius 1 is 1.05 bits per heavy atom. The van der Waals surface area contributed by atoms with Gasteiger partial charge in [0.15, 0.2) is 0 Å². The molecule has 2 bridgehead atoms. The maximum Gasteiger partial charge on any atom is 0.223 e. The summed E-state index contributed by atoms with van der Waals surface area (Å²) >= 11 is 0. The van der Waals surface area contributed by atoms with Crippen LogP contribution in [0.25, 0.3) is 0 Å². The molecule has 5 atom stereocenters. The van der Waals surface area contributed by atoms with Crippen LogP contribution in [-0.4, -0.2) is 19.0 Å². The number of amides is 1. The predicted octanol–water partition coefficient (Wildman–Crippen LogP) is 2.30. The number of hydrogen-bond donors (Lipinski definition) is 2. The second kappa shape index (κ2) is 5.82. The maximum atomic E-state index is 12.3. The summed E-state index contributed by atoms with van der Waals surface area (Å²) in [5.41, 5.74) is 5.86. The van der Waals surface area contributed by atoms with Crippen molar-refractivity contribution in [3.8, 4) is 0 Å². The highest BCUT2D eigenvalue weighted by Crippen LogP contribution is 2.48. The normalized spacial score (nSPS) is 41.4. The summed E-state index contributed by atoms with van der Waals surface area (Å²) in [4.78, 5) is 12.3. The van der Waals surface area contributed by atoms with Gasteiger partial charge in [-0.05, 0) is 62.3 Å². The van der Waals surface area contributed by atoms with Crippen LogP contribution in [-0.2, 0) is 4.79 Å². The van der Waals surface area contributed by atoms with Crippen LogP contribution in [0.5, 0.6) is 0 Å². The molecule has 108 valence electrons. The average Bonchev–Trinajstić information content (AvgIpc) is 3.07. The van der Waals surface area contributed by atoms with E-state index in [9.17, 15) is 4.79 Å². The Balaban J connectivity index is 1.47. The standard InChI is InChI=1S/C16H28N2O/c17-9-13-3-1-2-4-14(13)10-18-16(19)15-8-11-5-6-12(15)7-11/h11-15H,1-10,17H2,(H,18,19). The van der Waals surface area contributed by atoms with Crippen molar-refractivity contribution in [2.24, 2.45) is 35.3 Å². The second-order valence-corrected chi connectivity index (χ2v) is 7.07. The molecule has 3 heteroatoms. The lowest BCUT2D eigenvalue weighted by molar-refractivity contribution is -0.126. The minimum atomic E-state index is 0.332. The van der Waals surface area contributed by atoms with Crippen LogP contribution in [0.1, 0.15) is 51.4 Å². The number of nitrogens with two attached hydrogens (primary N) is 1. The molecular weight excluding hydrogens is 236 g/mol. The predicted molar refractivity (Wildman–Crippen MR) is 76.5 cm³/mol. The van der Waals surface area contributed by atoms with Crippen molar-refractivity contribution in [3.05, 3.63) is 0 Å². The van der Waals surface area contributed by atoms with Crippen molar-refractivity contribution in [3.63, 3.8) is 0 Å². The summed E-state index contributed by atoms with van der Waals surface area (Å²) in [5, 5.41) is 3.25. The summed E-state index contributed by atoms with van der Waals surface area (Å²) in [7, 11) is 0. The van der Waals surface area contributed by atoms with E-state index in [0.29, 0.717) is 29.6 Å². The first-order valence-electron chi connectivity index (χ1n) is 8.25. The van der Waals surface area contributed by atoms with Gasteiger partial charge < -0.3 is 11.1 Å². The molecule has 0 aromatic carbocycles. The zero-order valence-corrected chi connectivity index (χ0v) is 11.9. The van der Waals surface area contributed by atoms with Gasteiger partial charge in [-0.3, -0.25) is 4.79 Å². The first-order valence-corrected chi connectivity index (χ1v) is 8.25. The van der Waals surface area contributed by atoms with Crippen LogP contribution in [0.2, 0.25) is 0 Å². The maximum absolute atomic E-state index is 12.3. The molecule has 1 amide bonds. The molecule has 3 rings (SSSR count). The number of fused-ring (bicyclic) bond motifs is 2. The third-order valence-electron chi connectivity index (χ3n) is 5.98. The van der Waals surface area contributed by atoms with Gasteiger partial charge in [-0.2, -0.15) is 0 Å². The van der Waals surface area contributed by atoms with E-state index in [-0.39, 0.29) is 0 Å². The summed E-state index contributed by atoms with van der Waals surface area (Å²) in [6, 6.07) is 0. The Labute approximate surface area is 116 Å². The molecule has 0 saturated heterocycles. The van der Waals surface area contributed by atoms with E-state index in [1.54, 1.807) is 0 Å². The molecule has 5 unspecified atom stereocenters. The first-order chi connectivity index (χ1) is 9.28. The summed E-state index contributed by atoms with van der Waals surface area (Å²) in [6.07, 6.45) is 10.3. The fraction of sp³-hybridized carbons (Fsp3) is 0.938. The van der Waals surface area contributed by atoms with Crippen molar-refractivity contribution in [1.82, 2.24) is 5.32 Å². The Bertz CT molecular complexity index is 331. The summed E-state index contributed by atoms with van der Waals surface area (Å²) < 4.78 is 0. The lowest BCUT2D eigenvalue weighted by Crippen LogP contribution is -2.40. The number of hydrogen-bond acceptors (Lipinski definition) is 2. The third kappa shape index (κ3) is 2.81. The minimum Gasteiger partial charge on any atom is -0.356 e. The van der Waals surface area contributed by atoms with Crippen LogP contribution in [0, 0.1) is 29.6 Å². The fourth-order valence-corrected chi connectivity index (χ4v) is 4.79. The number of rotatable bonds is 4. The first kappa shape index (κ1) is 13.4. The van der Waals surface area contributed by atoms with E-state index in [4.69, 9.17) is 5.73 Å². The highest BCUT2D eigenvalue weighted by molar-refractivity contribution is 5.79. The van der Waals surface area contributed by atoms with Crippen molar-refractivity contribution in [1.29, 1.82) is 0 Å². The van der Waals surface area contributed by atoms with Gasteiger partial charge in [-0.15, -0.1) is 0 Å². The minimum absolute atomic E-state index is 0.332. The smallest absolute Gasteiger partial charge is 0.223 e. The molecule has 19 heavy (non-hydrogen) atoms. The monoisotopic (exact) mass is 264 g/mol. The highest BCUT2D eigenvalue weighted by atomic mass is 16.1. The molecular formula is C16H28N2O. The van der Waals surface area contributed by atoms with Crippen LogP contribution >= 0.6 is 0 Å². The van der Waals surface area contributed by atoms with Gasteiger partial charge in [-0.1, -0.05) is 19.3 Å². The fourth-order valence-electron chi connectivity index (χ4n) is 4.79. The second-order valence-electron chi connectivity index (χ2n) is 7.07. The lowest BCUT2D eigenvalue weighted by atomic mass is 9.79. The van der Waals surface area contributed by atoms with Crippen LogP contribution in [0.3, 0.4) is 0 Å². The molecule has 3 aliphatic rings. The lowest BCUT2D eigenvalue weighted by Gasteiger charge is -2.31. The van der Waals surface area contributed by atoms with E-state index in [0.717, 1.165) is 25.4 Å². The average molecular weight is 264 g/mol. The Morgan fingerprint density at radius 3 is 2.47 bits per heavy atom. The van der Waals surface area contributed by atoms with Gasteiger partial charge in [0.05, 0.1) is 0 Å². The van der Waals surface area contributed by atoms with E-state index < -0.39 is 0 Å². The van der Waals surface area contributed by atoms with Crippen LogP contribution in [0.4, 0.5) is 0 Å². The Hall–Kier alpha value is -0.570. The van der Waals surface area contributed by atoms with Gasteiger partial charge in [-0.25, -0.2) is 0 Å². The number of carbonyl (C=O) groups excluding carboxylic acids is 1. The van der Waals surface area contributed by atoms with Crippen LogP contribution in [0.15, 0.2) is 0 Å². The van der Waals surface area contributed by atoms with Crippen LogP contribution < -0.4 is 11.1 Å². The summed E-state index contributed by atoms with van der Waals surface area (Å²) in [5.74, 6) is 3.48. The largest absolute Gasteiger partial charge is 0.356 e. The summed E-state index contributed by atoms with van der Waals surface area (Å²) in [6.45, 7) is 1.66. The van der Waals surface area contributed by atoms with Crippen molar-refractivity contribution in [2.75, 3.05) is 13.1 Å². The zero-order valence-electron chi connectivity index (χ0n) is 11.9. The third-order valence-corrected chi connectivity index (χ3v) is 5.98. The molecule has 0 aromatic rings. The van der Waals surface area contributed by atoms with Gasteiger partial charge in [0.25, 0.3) is 0 Å². The molecule has 0 heterocycles. The molecule has 3 fully saturated rings. The SMILES string of the molecule is NCC1CCCCC1CNC(=O)C1CC2CCC1C2. The zero-order chi connectivity index (χ0) is 13.2. The topological polar surface area (TPSA) is 55.1 Å². The van der Waals surface area contributed by atoms with E-state index in [1.807, 2.05) is 0 Å². The van der Waals surface area contributed by atoms with Gasteiger partial charge in [0, 0.05) is 12.5 Å². The van der Waals surface area contributed by atoms with E-state index >= 15 is 0 Å². The molecule has 3 N–H and O–H groups in total. The van der Waals surface area contributed by atoms with E-state index in [1.165, 1.54) is 44.9 Å². The molecule has 0 radical (unpaired) electrons. The van der Waals surface area contributed by atoms with E-state index in [2.05, 4.69) is 5.32 Å². The van der Waals surface area contributed by atoms with Gasteiger partial charge >= 0.3 is 0 Å². The number of nitrogens with one attached hydrogen (secondary N) is 1. The molecule has 3 nitrogen and oxygen atoms in total. The van der Waals surface area contributed by atoms with Gasteiger partial charge in [0.1, 0.15) is 0 Å². The molecule has 0 spiro atoms. The number of carbonyl (C=O) groups is 1. The Morgan fingerprint density at radius 2 is 1.84 bits per heavy atom. The quantitative estimate of drug-likeness (QED) is 0.818. The van der Waals surface area contributed by atoms with Gasteiger partial charge in [0.2, 0.25) is 5.91 Å². The van der Waals surface area contributed by atoms with Crippen molar-refractivity contribution < 1.29 is 4.79 Å². The molecule has 0 aromatic heterocycles. The van der Waals surface area contributed by atoms with Crippen molar-refractivity contribution >= 4 is 5.91 Å². The Kier molecular flexibility index (Phi) is 4.11. The molecule has 3 aliphatic carbocycles. The van der Waals surface area contributed by atoms with Crippen molar-refractivity contribution in [2.45, 2.75) is 51.4 Å². The molecule has 0 aliphatic heterocycles.